The number of anilines is 6. The lowest BCUT2D eigenvalue weighted by molar-refractivity contribution is 0.590. The first-order valence-electron chi connectivity index (χ1n) is 23.6. The van der Waals surface area contributed by atoms with Crippen molar-refractivity contribution in [3.05, 3.63) is 161 Å². The minimum atomic E-state index is -0.0295. The molecule has 0 aliphatic carbocycles. The van der Waals surface area contributed by atoms with E-state index in [0.29, 0.717) is 0 Å². The van der Waals surface area contributed by atoms with Crippen molar-refractivity contribution in [1.29, 1.82) is 0 Å². The normalized spacial score (nSPS) is 14.2. The van der Waals surface area contributed by atoms with Crippen LogP contribution in [0, 0.1) is 6.92 Å². The van der Waals surface area contributed by atoms with Gasteiger partial charge in [-0.1, -0.05) is 177 Å². The molecule has 2 aliphatic rings. The lowest BCUT2D eigenvalue weighted by Crippen LogP contribution is -2.61. The average molecular weight is 841 g/mol. The molecule has 2 nitrogen and oxygen atoms in total. The molecule has 0 bridgehead atoms. The minimum Gasteiger partial charge on any atom is -0.311 e. The van der Waals surface area contributed by atoms with E-state index < -0.39 is 0 Å². The van der Waals surface area contributed by atoms with E-state index in [1.54, 1.807) is 0 Å². The summed E-state index contributed by atoms with van der Waals surface area (Å²) < 4.78 is 0. The van der Waals surface area contributed by atoms with Crippen molar-refractivity contribution in [3.63, 3.8) is 0 Å². The molecule has 0 amide bonds. The molecule has 0 spiro atoms. The van der Waals surface area contributed by atoms with Gasteiger partial charge in [-0.25, -0.2) is 0 Å². The van der Waals surface area contributed by atoms with E-state index in [1.165, 1.54) is 106 Å². The summed E-state index contributed by atoms with van der Waals surface area (Å²) in [6, 6.07) is 50.3. The largest absolute Gasteiger partial charge is 0.311 e. The van der Waals surface area contributed by atoms with Crippen molar-refractivity contribution < 1.29 is 0 Å². The van der Waals surface area contributed by atoms with Gasteiger partial charge in [0.15, 0.2) is 0 Å². The van der Waals surface area contributed by atoms with Crippen LogP contribution in [-0.2, 0) is 27.1 Å². The van der Waals surface area contributed by atoms with E-state index in [4.69, 9.17) is 0 Å². The van der Waals surface area contributed by atoms with Gasteiger partial charge in [0.05, 0.1) is 5.69 Å². The smallest absolute Gasteiger partial charge is 0.252 e. The van der Waals surface area contributed by atoms with E-state index in [9.17, 15) is 0 Å². The summed E-state index contributed by atoms with van der Waals surface area (Å²) in [5.74, 6) is 0. The van der Waals surface area contributed by atoms with Gasteiger partial charge in [-0.05, 0) is 155 Å². The zero-order chi connectivity index (χ0) is 46.1. The second kappa shape index (κ2) is 14.7. The summed E-state index contributed by atoms with van der Waals surface area (Å²) in [6.45, 7) is 37.2. The highest BCUT2D eigenvalue weighted by atomic mass is 15.2. The molecule has 3 heteroatoms. The molecule has 0 aromatic heterocycles. The molecule has 0 saturated heterocycles. The first-order chi connectivity index (χ1) is 29.8. The summed E-state index contributed by atoms with van der Waals surface area (Å²) in [4.78, 5) is 5.18. The Hall–Kier alpha value is -5.54. The molecule has 0 atom stereocenters. The Bertz CT molecular complexity index is 2970. The fourth-order valence-corrected chi connectivity index (χ4v) is 10.0. The molecular weight excluding hydrogens is 771 g/mol. The third kappa shape index (κ3) is 7.57. The monoisotopic (exact) mass is 841 g/mol. The zero-order valence-electron chi connectivity index (χ0n) is 41.6. The van der Waals surface area contributed by atoms with Crippen molar-refractivity contribution >= 4 is 68.0 Å². The lowest BCUT2D eigenvalue weighted by Gasteiger charge is -2.45. The molecule has 64 heavy (non-hydrogen) atoms. The van der Waals surface area contributed by atoms with Gasteiger partial charge in [0, 0.05) is 34.0 Å². The summed E-state index contributed by atoms with van der Waals surface area (Å²) >= 11 is 0. The Morgan fingerprint density at radius 2 is 0.750 bits per heavy atom. The van der Waals surface area contributed by atoms with Crippen molar-refractivity contribution in [2.75, 3.05) is 9.80 Å². The topological polar surface area (TPSA) is 6.48 Å². The lowest BCUT2D eigenvalue weighted by atomic mass is 9.33. The fourth-order valence-electron chi connectivity index (χ4n) is 10.0. The van der Waals surface area contributed by atoms with Crippen LogP contribution in [-0.4, -0.2) is 6.71 Å². The van der Waals surface area contributed by atoms with Crippen LogP contribution in [0.4, 0.5) is 34.1 Å². The van der Waals surface area contributed by atoms with Gasteiger partial charge in [0.25, 0.3) is 6.71 Å². The van der Waals surface area contributed by atoms with Crippen LogP contribution in [0.1, 0.15) is 137 Å². The molecular formula is C61H69BN2. The van der Waals surface area contributed by atoms with Crippen molar-refractivity contribution in [1.82, 2.24) is 0 Å². The highest BCUT2D eigenvalue weighted by molar-refractivity contribution is 7.00. The Morgan fingerprint density at radius 1 is 0.344 bits per heavy atom. The third-order valence-corrected chi connectivity index (χ3v) is 14.1. The van der Waals surface area contributed by atoms with Gasteiger partial charge in [-0.3, -0.25) is 0 Å². The van der Waals surface area contributed by atoms with E-state index >= 15 is 0 Å². The highest BCUT2D eigenvalue weighted by Crippen LogP contribution is 2.49. The summed E-state index contributed by atoms with van der Waals surface area (Å²) in [7, 11) is 0. The van der Waals surface area contributed by atoms with Crippen LogP contribution in [0.2, 0.25) is 0 Å². The summed E-state index contributed by atoms with van der Waals surface area (Å²) in [5, 5.41) is 2.54. The molecule has 7 aromatic rings. The second-order valence-electron chi connectivity index (χ2n) is 24.2. The Balaban J connectivity index is 1.37. The van der Waals surface area contributed by atoms with Crippen molar-refractivity contribution in [3.8, 4) is 11.1 Å². The maximum absolute atomic E-state index is 2.62. The van der Waals surface area contributed by atoms with Crippen LogP contribution < -0.4 is 26.2 Å². The Morgan fingerprint density at radius 3 is 1.28 bits per heavy atom. The molecule has 0 N–H and O–H groups in total. The number of nitrogens with zero attached hydrogens (tertiary/aromatic N) is 2. The number of fused-ring (bicyclic) bond motifs is 5. The number of benzene rings is 7. The molecule has 326 valence electrons. The van der Waals surface area contributed by atoms with E-state index in [1.807, 2.05) is 0 Å². The molecule has 7 aromatic carbocycles. The quantitative estimate of drug-likeness (QED) is 0.164. The first-order valence-corrected chi connectivity index (χ1v) is 23.6. The molecule has 2 heterocycles. The van der Waals surface area contributed by atoms with E-state index in [2.05, 4.69) is 248 Å². The predicted molar refractivity (Wildman–Crippen MR) is 282 cm³/mol. The zero-order valence-corrected chi connectivity index (χ0v) is 41.6. The number of rotatable bonds is 3. The van der Waals surface area contributed by atoms with Gasteiger partial charge in [0.2, 0.25) is 0 Å². The van der Waals surface area contributed by atoms with Crippen molar-refractivity contribution in [2.45, 2.75) is 138 Å². The van der Waals surface area contributed by atoms with Crippen LogP contribution in [0.3, 0.4) is 0 Å². The second-order valence-corrected chi connectivity index (χ2v) is 24.2. The molecule has 9 rings (SSSR count). The van der Waals surface area contributed by atoms with Gasteiger partial charge < -0.3 is 9.80 Å². The molecule has 2 aliphatic heterocycles. The van der Waals surface area contributed by atoms with Gasteiger partial charge in [-0.15, -0.1) is 0 Å². The summed E-state index contributed by atoms with van der Waals surface area (Å²) in [5.41, 5.74) is 22.0. The number of hydrogen-bond acceptors (Lipinski definition) is 2. The minimum absolute atomic E-state index is 0.0146. The summed E-state index contributed by atoms with van der Waals surface area (Å²) in [6.07, 6.45) is 0. The van der Waals surface area contributed by atoms with E-state index in [0.717, 1.165) is 0 Å². The maximum Gasteiger partial charge on any atom is 0.252 e. The molecule has 0 fully saturated rings. The van der Waals surface area contributed by atoms with Crippen molar-refractivity contribution in [2.24, 2.45) is 0 Å². The van der Waals surface area contributed by atoms with Crippen LogP contribution in [0.5, 0.6) is 0 Å². The van der Waals surface area contributed by atoms with Gasteiger partial charge >= 0.3 is 0 Å². The van der Waals surface area contributed by atoms with Crippen LogP contribution in [0.15, 0.2) is 127 Å². The standard InChI is InChI=1S/C61H69BN2/c1-38-31-54-56-55(32-38)64(51-28-23-44(59(8,9)10)35-48(51)41-18-17-40-34-43(58(5,6)7)20-19-39(40)33-41)53-30-25-46(61(14,15)16)37-50(53)62(56)49-36-45(60(11,12)13)24-29-52(49)63(54)47-26-21-42(22-27-47)57(2,3)4/h17-37H,1-16H3. The highest BCUT2D eigenvalue weighted by Gasteiger charge is 2.45. The number of hydrogen-bond donors (Lipinski definition) is 0. The first kappa shape index (κ1) is 43.7. The Kier molecular flexibility index (Phi) is 10.1. The fraction of sp³-hybridized carbons (Fsp3) is 0.344. The predicted octanol–water partition coefficient (Wildman–Crippen LogP) is 15.4. The SMILES string of the molecule is Cc1cc2c3c(c1)N(c1ccc(C(C)(C)C)cc1-c1ccc4cc(C(C)(C)C)ccc4c1)c1ccc(C(C)(C)C)cc1B3c1cc(C(C)(C)C)ccc1N2c1ccc(C(C)(C)C)cc1. The average Bonchev–Trinajstić information content (AvgIpc) is 3.21. The van der Waals surface area contributed by atoms with Gasteiger partial charge in [0.1, 0.15) is 0 Å². The Labute approximate surface area is 385 Å². The number of aryl methyl sites for hydroxylation is 1. The third-order valence-electron chi connectivity index (χ3n) is 14.1. The van der Waals surface area contributed by atoms with Crippen LogP contribution >= 0.6 is 0 Å². The molecule has 0 saturated carbocycles. The maximum atomic E-state index is 2.62. The van der Waals surface area contributed by atoms with Gasteiger partial charge in [-0.2, -0.15) is 0 Å². The molecule has 0 radical (unpaired) electrons. The van der Waals surface area contributed by atoms with E-state index in [-0.39, 0.29) is 33.8 Å². The van der Waals surface area contributed by atoms with Crippen LogP contribution in [0.25, 0.3) is 21.9 Å². The molecule has 0 unspecified atom stereocenters.